The molecule has 6 heteroatoms. The second-order valence-corrected chi connectivity index (χ2v) is 6.75. The first-order valence-corrected chi connectivity index (χ1v) is 9.21. The Morgan fingerprint density at radius 3 is 2.62 bits per heavy atom. The summed E-state index contributed by atoms with van der Waals surface area (Å²) in [7, 11) is 1.38. The van der Waals surface area contributed by atoms with Crippen LogP contribution in [-0.2, 0) is 4.74 Å². The SMILES string of the molecule is COC(=O)c1cccc(Nc2cc(C)nc(NC3CCCCCC3)n2)c1. The zero-order valence-electron chi connectivity index (χ0n) is 15.4. The first-order valence-electron chi connectivity index (χ1n) is 9.21. The van der Waals surface area contributed by atoms with Crippen molar-refractivity contribution < 1.29 is 9.53 Å². The molecule has 0 spiro atoms. The van der Waals surface area contributed by atoms with Crippen LogP contribution in [0.25, 0.3) is 0 Å². The maximum absolute atomic E-state index is 11.7. The van der Waals surface area contributed by atoms with E-state index in [4.69, 9.17) is 4.74 Å². The van der Waals surface area contributed by atoms with Crippen molar-refractivity contribution in [1.82, 2.24) is 9.97 Å². The fraction of sp³-hybridized carbons (Fsp3) is 0.450. The summed E-state index contributed by atoms with van der Waals surface area (Å²) in [5.74, 6) is 1.00. The van der Waals surface area contributed by atoms with Crippen LogP contribution in [0.1, 0.15) is 54.6 Å². The van der Waals surface area contributed by atoms with Crippen molar-refractivity contribution in [1.29, 1.82) is 0 Å². The molecule has 0 saturated heterocycles. The van der Waals surface area contributed by atoms with Crippen molar-refractivity contribution in [3.8, 4) is 0 Å². The van der Waals surface area contributed by atoms with E-state index >= 15 is 0 Å². The zero-order valence-corrected chi connectivity index (χ0v) is 15.4. The third kappa shape index (κ3) is 4.94. The zero-order chi connectivity index (χ0) is 18.4. The van der Waals surface area contributed by atoms with Crippen LogP contribution in [0, 0.1) is 6.92 Å². The molecule has 0 bridgehead atoms. The minimum absolute atomic E-state index is 0.358. The molecule has 1 aromatic heterocycles. The lowest BCUT2D eigenvalue weighted by Crippen LogP contribution is -2.20. The molecule has 6 nitrogen and oxygen atoms in total. The molecule has 0 unspecified atom stereocenters. The summed E-state index contributed by atoms with van der Waals surface area (Å²) in [5.41, 5.74) is 2.18. The standard InChI is InChI=1S/C20H26N4O2/c1-14-12-18(22-17-11-7-8-15(13-17)19(25)26-2)24-20(21-14)23-16-9-5-3-4-6-10-16/h7-8,11-13,16H,3-6,9-10H2,1-2H3,(H2,21,22,23,24). The van der Waals surface area contributed by atoms with Gasteiger partial charge in [-0.3, -0.25) is 0 Å². The van der Waals surface area contributed by atoms with Crippen LogP contribution in [0.3, 0.4) is 0 Å². The molecule has 1 fully saturated rings. The van der Waals surface area contributed by atoms with Gasteiger partial charge in [-0.1, -0.05) is 31.7 Å². The molecule has 0 atom stereocenters. The predicted octanol–water partition coefficient (Wildman–Crippen LogP) is 4.45. The van der Waals surface area contributed by atoms with E-state index in [9.17, 15) is 4.79 Å². The van der Waals surface area contributed by atoms with Crippen LogP contribution in [0.4, 0.5) is 17.5 Å². The second-order valence-electron chi connectivity index (χ2n) is 6.75. The Kier molecular flexibility index (Phi) is 6.04. The Labute approximate surface area is 154 Å². The van der Waals surface area contributed by atoms with Crippen molar-refractivity contribution in [2.45, 2.75) is 51.5 Å². The number of nitrogens with zero attached hydrogens (tertiary/aromatic N) is 2. The molecule has 1 aliphatic rings. The maximum atomic E-state index is 11.7. The van der Waals surface area contributed by atoms with Gasteiger partial charge >= 0.3 is 5.97 Å². The number of aromatic nitrogens is 2. The topological polar surface area (TPSA) is 76.1 Å². The number of anilines is 3. The molecule has 1 aliphatic carbocycles. The minimum Gasteiger partial charge on any atom is -0.465 e. The van der Waals surface area contributed by atoms with Gasteiger partial charge in [-0.2, -0.15) is 4.98 Å². The van der Waals surface area contributed by atoms with Gasteiger partial charge in [-0.15, -0.1) is 0 Å². The molecule has 1 heterocycles. The summed E-state index contributed by atoms with van der Waals surface area (Å²) < 4.78 is 4.77. The van der Waals surface area contributed by atoms with E-state index in [1.54, 1.807) is 12.1 Å². The lowest BCUT2D eigenvalue weighted by atomic mass is 10.1. The Morgan fingerprint density at radius 2 is 1.88 bits per heavy atom. The quantitative estimate of drug-likeness (QED) is 0.610. The van der Waals surface area contributed by atoms with Crippen LogP contribution >= 0.6 is 0 Å². The molecular weight excluding hydrogens is 328 g/mol. The summed E-state index contributed by atoms with van der Waals surface area (Å²) in [4.78, 5) is 20.8. The van der Waals surface area contributed by atoms with Crippen LogP contribution in [0.5, 0.6) is 0 Å². The third-order valence-corrected chi connectivity index (χ3v) is 4.60. The highest BCUT2D eigenvalue weighted by Crippen LogP contribution is 2.22. The van der Waals surface area contributed by atoms with E-state index in [2.05, 4.69) is 20.6 Å². The lowest BCUT2D eigenvalue weighted by molar-refractivity contribution is 0.0601. The van der Waals surface area contributed by atoms with E-state index < -0.39 is 0 Å². The third-order valence-electron chi connectivity index (χ3n) is 4.60. The molecule has 26 heavy (non-hydrogen) atoms. The summed E-state index contributed by atoms with van der Waals surface area (Å²) >= 11 is 0. The second kappa shape index (κ2) is 8.65. The number of esters is 1. The number of hydrogen-bond donors (Lipinski definition) is 2. The Bertz CT molecular complexity index is 755. The van der Waals surface area contributed by atoms with E-state index in [1.165, 1.54) is 45.6 Å². The van der Waals surface area contributed by atoms with Crippen molar-refractivity contribution in [3.05, 3.63) is 41.6 Å². The maximum Gasteiger partial charge on any atom is 0.337 e. The Morgan fingerprint density at radius 1 is 1.12 bits per heavy atom. The van der Waals surface area contributed by atoms with Gasteiger partial charge in [-0.25, -0.2) is 9.78 Å². The number of aryl methyl sites for hydroxylation is 1. The largest absolute Gasteiger partial charge is 0.465 e. The molecule has 3 rings (SSSR count). The Hall–Kier alpha value is -2.63. The van der Waals surface area contributed by atoms with E-state index in [0.29, 0.717) is 23.4 Å². The number of carbonyl (C=O) groups excluding carboxylic acids is 1. The van der Waals surface area contributed by atoms with E-state index in [-0.39, 0.29) is 5.97 Å². The van der Waals surface area contributed by atoms with Gasteiger partial charge in [-0.05, 0) is 38.0 Å². The molecule has 2 N–H and O–H groups in total. The minimum atomic E-state index is -0.358. The first kappa shape index (κ1) is 18.2. The average Bonchev–Trinajstić information content (AvgIpc) is 2.89. The number of rotatable bonds is 5. The van der Waals surface area contributed by atoms with Crippen LogP contribution in [0.2, 0.25) is 0 Å². The van der Waals surface area contributed by atoms with Crippen molar-refractivity contribution in [2.75, 3.05) is 17.7 Å². The summed E-state index contributed by atoms with van der Waals surface area (Å²) in [6.45, 7) is 1.95. The van der Waals surface area contributed by atoms with Crippen molar-refractivity contribution in [2.24, 2.45) is 0 Å². The van der Waals surface area contributed by atoms with Crippen LogP contribution in [0.15, 0.2) is 30.3 Å². The van der Waals surface area contributed by atoms with Gasteiger partial charge < -0.3 is 15.4 Å². The average molecular weight is 354 g/mol. The molecule has 0 aliphatic heterocycles. The number of hydrogen-bond acceptors (Lipinski definition) is 6. The number of methoxy groups -OCH3 is 1. The van der Waals surface area contributed by atoms with Crippen LogP contribution < -0.4 is 10.6 Å². The smallest absolute Gasteiger partial charge is 0.337 e. The highest BCUT2D eigenvalue weighted by molar-refractivity contribution is 5.90. The van der Waals surface area contributed by atoms with Crippen LogP contribution in [-0.4, -0.2) is 29.1 Å². The van der Waals surface area contributed by atoms with Crippen molar-refractivity contribution in [3.63, 3.8) is 0 Å². The monoisotopic (exact) mass is 354 g/mol. The normalized spacial score (nSPS) is 15.2. The van der Waals surface area contributed by atoms with Gasteiger partial charge in [0.2, 0.25) is 5.95 Å². The molecule has 0 radical (unpaired) electrons. The molecule has 1 aromatic carbocycles. The predicted molar refractivity (Wildman–Crippen MR) is 103 cm³/mol. The summed E-state index contributed by atoms with van der Waals surface area (Å²) in [6, 6.07) is 9.51. The molecule has 0 amide bonds. The molecule has 1 saturated carbocycles. The highest BCUT2D eigenvalue weighted by atomic mass is 16.5. The number of nitrogens with one attached hydrogen (secondary N) is 2. The fourth-order valence-electron chi connectivity index (χ4n) is 3.29. The van der Waals surface area contributed by atoms with Gasteiger partial charge in [0.25, 0.3) is 0 Å². The lowest BCUT2D eigenvalue weighted by Gasteiger charge is -2.17. The highest BCUT2D eigenvalue weighted by Gasteiger charge is 2.14. The van der Waals surface area contributed by atoms with Gasteiger partial charge in [0.15, 0.2) is 0 Å². The number of benzene rings is 1. The van der Waals surface area contributed by atoms with Gasteiger partial charge in [0, 0.05) is 23.5 Å². The van der Waals surface area contributed by atoms with Gasteiger partial charge in [0.1, 0.15) is 5.82 Å². The number of carbonyl (C=O) groups is 1. The number of ether oxygens (including phenoxy) is 1. The molecular formula is C20H26N4O2. The van der Waals surface area contributed by atoms with E-state index in [0.717, 1.165) is 11.4 Å². The first-order chi connectivity index (χ1) is 12.6. The van der Waals surface area contributed by atoms with E-state index in [1.807, 2.05) is 25.1 Å². The van der Waals surface area contributed by atoms with Gasteiger partial charge in [0.05, 0.1) is 12.7 Å². The fourth-order valence-corrected chi connectivity index (χ4v) is 3.29. The Balaban J connectivity index is 1.74. The summed E-state index contributed by atoms with van der Waals surface area (Å²) in [5, 5.41) is 6.75. The molecule has 138 valence electrons. The molecule has 2 aromatic rings. The van der Waals surface area contributed by atoms with Crippen molar-refractivity contribution >= 4 is 23.4 Å². The summed E-state index contributed by atoms with van der Waals surface area (Å²) in [6.07, 6.45) is 7.48.